The van der Waals surface area contributed by atoms with E-state index in [2.05, 4.69) is 20.6 Å². The predicted octanol–water partition coefficient (Wildman–Crippen LogP) is 5.64. The molecule has 2 N–H and O–H groups in total. The molecule has 10 heteroatoms. The number of anilines is 2. The third-order valence-corrected chi connectivity index (χ3v) is 9.44. The molecule has 2 saturated heterocycles. The molecule has 5 aromatic rings. The van der Waals surface area contributed by atoms with E-state index >= 15 is 0 Å². The van der Waals surface area contributed by atoms with Crippen LogP contribution in [0.3, 0.4) is 0 Å². The van der Waals surface area contributed by atoms with Crippen molar-refractivity contribution in [2.75, 3.05) is 23.7 Å². The summed E-state index contributed by atoms with van der Waals surface area (Å²) in [6.45, 7) is 1.13. The van der Waals surface area contributed by atoms with E-state index in [4.69, 9.17) is 0 Å². The number of hydrogen-bond donors (Lipinski definition) is 2. The van der Waals surface area contributed by atoms with Gasteiger partial charge in [-0.1, -0.05) is 66.7 Å². The van der Waals surface area contributed by atoms with Crippen molar-refractivity contribution in [2.45, 2.75) is 50.6 Å². The van der Waals surface area contributed by atoms with Crippen LogP contribution in [0, 0.1) is 0 Å². The monoisotopic (exact) mass is 666 g/mol. The van der Waals surface area contributed by atoms with E-state index < -0.39 is 12.1 Å². The minimum absolute atomic E-state index is 0.0516. The summed E-state index contributed by atoms with van der Waals surface area (Å²) in [6, 6.07) is 31.2. The second-order valence-electron chi connectivity index (χ2n) is 12.8. The zero-order valence-electron chi connectivity index (χ0n) is 27.6. The molecule has 0 bridgehead atoms. The molecular weight excluding hydrogens is 628 g/mol. The lowest BCUT2D eigenvalue weighted by Gasteiger charge is -2.24. The highest BCUT2D eigenvalue weighted by atomic mass is 16.2. The molecule has 3 aromatic carbocycles. The van der Waals surface area contributed by atoms with Crippen molar-refractivity contribution in [3.63, 3.8) is 0 Å². The highest BCUT2D eigenvalue weighted by Gasteiger charge is 2.35. The van der Waals surface area contributed by atoms with Crippen LogP contribution >= 0.6 is 0 Å². The highest BCUT2D eigenvalue weighted by Crippen LogP contribution is 2.27. The molecule has 0 radical (unpaired) electrons. The van der Waals surface area contributed by atoms with E-state index in [-0.39, 0.29) is 36.5 Å². The first-order chi connectivity index (χ1) is 24.4. The standard InChI is InChI=1S/C40H38N6O4/c47-37(23-27-9-3-1-4-10-27)45-21-7-13-33(45)39(49)43-35-19-17-31(26-41-35)29-15-18-32-30(25-29)16-20-36(42-32)44-40(50)34-14-8-22-46(34)38(48)24-28-11-5-2-6-12-28/h1-6,9-12,15-20,25-26,33-34H,7-8,13-14,21-24H2,(H,41,43,49)(H,42,44,50)/t33-,34-/m0/s1. The molecular formula is C40H38N6O4. The van der Waals surface area contributed by atoms with E-state index in [1.807, 2.05) is 91.0 Å². The molecule has 252 valence electrons. The van der Waals surface area contributed by atoms with Crippen LogP contribution < -0.4 is 10.6 Å². The first-order valence-corrected chi connectivity index (χ1v) is 17.1. The van der Waals surface area contributed by atoms with Crippen LogP contribution in [-0.2, 0) is 32.0 Å². The number of amides is 4. The topological polar surface area (TPSA) is 125 Å². The Hall–Kier alpha value is -5.90. The summed E-state index contributed by atoms with van der Waals surface area (Å²) in [6.07, 6.45) is 5.05. The molecule has 0 aliphatic carbocycles. The van der Waals surface area contributed by atoms with E-state index in [0.717, 1.165) is 46.0 Å². The fourth-order valence-corrected chi connectivity index (χ4v) is 6.85. The molecule has 2 aromatic heterocycles. The number of aromatic nitrogens is 2. The Labute approximate surface area is 290 Å². The van der Waals surface area contributed by atoms with Gasteiger partial charge in [-0.3, -0.25) is 19.2 Å². The molecule has 2 fully saturated rings. The Morgan fingerprint density at radius 1 is 0.620 bits per heavy atom. The normalized spacial score (nSPS) is 17.1. The minimum atomic E-state index is -0.523. The number of carbonyl (C=O) groups is 4. The molecule has 4 amide bonds. The fourth-order valence-electron chi connectivity index (χ4n) is 6.85. The van der Waals surface area contributed by atoms with Gasteiger partial charge in [0.25, 0.3) is 0 Å². The van der Waals surface area contributed by atoms with Crippen LogP contribution in [0.5, 0.6) is 0 Å². The average Bonchev–Trinajstić information content (AvgIpc) is 3.84. The molecule has 2 aliphatic rings. The molecule has 0 saturated carbocycles. The van der Waals surface area contributed by atoms with Crippen LogP contribution in [0.1, 0.15) is 36.8 Å². The van der Waals surface area contributed by atoms with Gasteiger partial charge < -0.3 is 20.4 Å². The lowest BCUT2D eigenvalue weighted by atomic mass is 10.0. The highest BCUT2D eigenvalue weighted by molar-refractivity contribution is 5.99. The van der Waals surface area contributed by atoms with Crippen molar-refractivity contribution in [2.24, 2.45) is 0 Å². The number of fused-ring (bicyclic) bond motifs is 1. The summed E-state index contributed by atoms with van der Waals surface area (Å²) >= 11 is 0. The van der Waals surface area contributed by atoms with E-state index in [1.165, 1.54) is 0 Å². The number of likely N-dealkylation sites (tertiary alicyclic amines) is 2. The summed E-state index contributed by atoms with van der Waals surface area (Å²) in [5, 5.41) is 6.70. The Bertz CT molecular complexity index is 2020. The number of rotatable bonds is 9. The fraction of sp³-hybridized carbons (Fsp3) is 0.250. The van der Waals surface area contributed by atoms with Crippen LogP contribution in [0.4, 0.5) is 11.6 Å². The van der Waals surface area contributed by atoms with Crippen LogP contribution in [0.25, 0.3) is 22.0 Å². The summed E-state index contributed by atoms with van der Waals surface area (Å²) in [5.74, 6) is 0.287. The van der Waals surface area contributed by atoms with E-state index in [1.54, 1.807) is 28.1 Å². The minimum Gasteiger partial charge on any atom is -0.330 e. The zero-order valence-corrected chi connectivity index (χ0v) is 27.6. The van der Waals surface area contributed by atoms with Crippen molar-refractivity contribution < 1.29 is 19.2 Å². The lowest BCUT2D eigenvalue weighted by molar-refractivity contribution is -0.136. The molecule has 7 rings (SSSR count). The van der Waals surface area contributed by atoms with Crippen molar-refractivity contribution in [1.82, 2.24) is 19.8 Å². The SMILES string of the molecule is O=C(Nc1ccc(-c2ccc3nc(NC(=O)[C@@H]4CCCN4C(=O)Cc4ccccc4)ccc3c2)cn1)[C@@H]1CCCN1C(=O)Cc1ccccc1. The first-order valence-electron chi connectivity index (χ1n) is 17.1. The van der Waals surface area contributed by atoms with Crippen LogP contribution in [-0.4, -0.2) is 68.6 Å². The van der Waals surface area contributed by atoms with Gasteiger partial charge in [0.05, 0.1) is 18.4 Å². The number of nitrogens with one attached hydrogen (secondary N) is 2. The van der Waals surface area contributed by atoms with Crippen molar-refractivity contribution in [3.8, 4) is 11.1 Å². The summed E-state index contributed by atoms with van der Waals surface area (Å²) in [7, 11) is 0. The Kier molecular flexibility index (Phi) is 9.59. The average molecular weight is 667 g/mol. The maximum atomic E-state index is 13.2. The number of pyridine rings is 2. The Morgan fingerprint density at radius 2 is 1.16 bits per heavy atom. The quantitative estimate of drug-likeness (QED) is 0.210. The molecule has 0 spiro atoms. The number of benzene rings is 3. The first kappa shape index (κ1) is 32.6. The molecule has 2 atom stereocenters. The molecule has 4 heterocycles. The van der Waals surface area contributed by atoms with Gasteiger partial charge in [0, 0.05) is 30.2 Å². The molecule has 10 nitrogen and oxygen atoms in total. The number of nitrogens with zero attached hydrogens (tertiary/aromatic N) is 4. The summed E-state index contributed by atoms with van der Waals surface area (Å²) in [5.41, 5.74) is 4.36. The maximum Gasteiger partial charge on any atom is 0.248 e. The van der Waals surface area contributed by atoms with Gasteiger partial charge in [0.2, 0.25) is 23.6 Å². The third kappa shape index (κ3) is 7.39. The molecule has 50 heavy (non-hydrogen) atoms. The van der Waals surface area contributed by atoms with Gasteiger partial charge in [-0.2, -0.15) is 0 Å². The Morgan fingerprint density at radius 3 is 1.72 bits per heavy atom. The van der Waals surface area contributed by atoms with E-state index in [0.29, 0.717) is 37.6 Å². The third-order valence-electron chi connectivity index (χ3n) is 9.44. The Balaban J connectivity index is 0.961. The van der Waals surface area contributed by atoms with Gasteiger partial charge in [-0.25, -0.2) is 9.97 Å². The molecule has 2 aliphatic heterocycles. The van der Waals surface area contributed by atoms with Gasteiger partial charge in [-0.05, 0) is 78.8 Å². The predicted molar refractivity (Wildman–Crippen MR) is 192 cm³/mol. The largest absolute Gasteiger partial charge is 0.330 e. The lowest BCUT2D eigenvalue weighted by Crippen LogP contribution is -2.43. The van der Waals surface area contributed by atoms with Gasteiger partial charge in [0.1, 0.15) is 23.7 Å². The van der Waals surface area contributed by atoms with Gasteiger partial charge in [-0.15, -0.1) is 0 Å². The summed E-state index contributed by atoms with van der Waals surface area (Å²) in [4.78, 5) is 64.9. The maximum absolute atomic E-state index is 13.2. The van der Waals surface area contributed by atoms with Crippen LogP contribution in [0.15, 0.2) is 109 Å². The summed E-state index contributed by atoms with van der Waals surface area (Å²) < 4.78 is 0. The van der Waals surface area contributed by atoms with Crippen molar-refractivity contribution in [3.05, 3.63) is 120 Å². The molecule has 0 unspecified atom stereocenters. The van der Waals surface area contributed by atoms with Crippen LogP contribution in [0.2, 0.25) is 0 Å². The second kappa shape index (κ2) is 14.7. The van der Waals surface area contributed by atoms with E-state index in [9.17, 15) is 19.2 Å². The smallest absolute Gasteiger partial charge is 0.248 e. The number of carbonyl (C=O) groups excluding carboxylic acids is 4. The van der Waals surface area contributed by atoms with Crippen molar-refractivity contribution in [1.29, 1.82) is 0 Å². The van der Waals surface area contributed by atoms with Gasteiger partial charge >= 0.3 is 0 Å². The van der Waals surface area contributed by atoms with Gasteiger partial charge in [0.15, 0.2) is 0 Å². The number of hydrogen-bond acceptors (Lipinski definition) is 6. The second-order valence-corrected chi connectivity index (χ2v) is 12.8. The van der Waals surface area contributed by atoms with Crippen molar-refractivity contribution >= 4 is 46.2 Å². The zero-order chi connectivity index (χ0) is 34.5.